The number of hydrogen-bond acceptors (Lipinski definition) is 4. The van der Waals surface area contributed by atoms with Gasteiger partial charge in [-0.3, -0.25) is 4.79 Å². The van der Waals surface area contributed by atoms with Crippen LogP contribution in [0.1, 0.15) is 5.56 Å². The van der Waals surface area contributed by atoms with Crippen LogP contribution in [0.15, 0.2) is 35.3 Å². The van der Waals surface area contributed by atoms with Gasteiger partial charge in [-0.1, -0.05) is 0 Å². The fourth-order valence-electron chi connectivity index (χ4n) is 1.76. The molecule has 2 rings (SSSR count). The highest BCUT2D eigenvalue weighted by atomic mass is 16.5. The summed E-state index contributed by atoms with van der Waals surface area (Å²) in [6.45, 7) is 0. The lowest BCUT2D eigenvalue weighted by atomic mass is 10.0. The average Bonchev–Trinajstić information content (AvgIpc) is 2.47. The van der Waals surface area contributed by atoms with Crippen molar-refractivity contribution in [1.29, 1.82) is 5.26 Å². The lowest BCUT2D eigenvalue weighted by Gasteiger charge is -2.10. The second-order valence-electron chi connectivity index (χ2n) is 3.81. The molecule has 0 aliphatic heterocycles. The summed E-state index contributed by atoms with van der Waals surface area (Å²) in [5.74, 6) is 1.28. The number of rotatable bonds is 3. The van der Waals surface area contributed by atoms with Crippen LogP contribution in [-0.4, -0.2) is 19.2 Å². The molecule has 0 aliphatic carbocycles. The van der Waals surface area contributed by atoms with Crippen LogP contribution in [0.3, 0.4) is 0 Å². The molecule has 0 unspecified atom stereocenters. The molecule has 0 radical (unpaired) electrons. The number of nitrogens with one attached hydrogen (secondary N) is 1. The van der Waals surface area contributed by atoms with E-state index in [1.54, 1.807) is 32.5 Å². The van der Waals surface area contributed by atoms with E-state index in [1.165, 1.54) is 6.07 Å². The molecule has 0 saturated carbocycles. The van der Waals surface area contributed by atoms with Crippen molar-refractivity contribution in [3.63, 3.8) is 0 Å². The van der Waals surface area contributed by atoms with Crippen LogP contribution in [0.25, 0.3) is 11.1 Å². The SMILES string of the molecule is COc1ccc(-c2c[nH]c(=O)c(C#N)c2)c(OC)c1. The number of hydrogen-bond donors (Lipinski definition) is 1. The van der Waals surface area contributed by atoms with E-state index in [4.69, 9.17) is 14.7 Å². The van der Waals surface area contributed by atoms with Crippen molar-refractivity contribution in [3.8, 4) is 28.7 Å². The van der Waals surface area contributed by atoms with Crippen LogP contribution in [0.2, 0.25) is 0 Å². The number of H-pyrrole nitrogens is 1. The summed E-state index contributed by atoms with van der Waals surface area (Å²) in [5.41, 5.74) is 1.14. The van der Waals surface area contributed by atoms with Crippen LogP contribution in [0.5, 0.6) is 11.5 Å². The number of pyridine rings is 1. The van der Waals surface area contributed by atoms with Gasteiger partial charge in [0.05, 0.1) is 14.2 Å². The number of nitriles is 1. The first-order valence-electron chi connectivity index (χ1n) is 5.55. The first-order valence-corrected chi connectivity index (χ1v) is 5.55. The number of benzene rings is 1. The maximum Gasteiger partial charge on any atom is 0.265 e. The van der Waals surface area contributed by atoms with Crippen LogP contribution in [0, 0.1) is 11.3 Å². The van der Waals surface area contributed by atoms with Crippen molar-refractivity contribution in [2.24, 2.45) is 0 Å². The Labute approximate surface area is 110 Å². The number of ether oxygens (including phenoxy) is 2. The summed E-state index contributed by atoms with van der Waals surface area (Å²) < 4.78 is 10.4. The van der Waals surface area contributed by atoms with E-state index in [0.717, 1.165) is 5.56 Å². The number of aromatic nitrogens is 1. The molecule has 96 valence electrons. The second kappa shape index (κ2) is 5.27. The van der Waals surface area contributed by atoms with Gasteiger partial charge in [0.1, 0.15) is 23.1 Å². The molecule has 5 heteroatoms. The summed E-state index contributed by atoms with van der Waals surface area (Å²) in [6.07, 6.45) is 1.55. The molecule has 1 heterocycles. The zero-order valence-electron chi connectivity index (χ0n) is 10.6. The fraction of sp³-hybridized carbons (Fsp3) is 0.143. The van der Waals surface area contributed by atoms with Crippen LogP contribution in [-0.2, 0) is 0 Å². The van der Waals surface area contributed by atoms with E-state index < -0.39 is 5.56 Å². The Morgan fingerprint density at radius 1 is 1.21 bits per heavy atom. The van der Waals surface area contributed by atoms with Crippen molar-refractivity contribution >= 4 is 0 Å². The summed E-state index contributed by atoms with van der Waals surface area (Å²) in [4.78, 5) is 13.9. The Kier molecular flexibility index (Phi) is 3.53. The Hall–Kier alpha value is -2.74. The molecule has 5 nitrogen and oxygen atoms in total. The van der Waals surface area contributed by atoms with Gasteiger partial charge < -0.3 is 14.5 Å². The van der Waals surface area contributed by atoms with Crippen LogP contribution >= 0.6 is 0 Å². The van der Waals surface area contributed by atoms with E-state index in [9.17, 15) is 4.79 Å². The molecule has 19 heavy (non-hydrogen) atoms. The molecule has 1 aromatic heterocycles. The highest BCUT2D eigenvalue weighted by Gasteiger charge is 2.09. The second-order valence-corrected chi connectivity index (χ2v) is 3.81. The highest BCUT2D eigenvalue weighted by molar-refractivity contribution is 5.71. The maximum atomic E-state index is 11.4. The van der Waals surface area contributed by atoms with Gasteiger partial charge in [0.2, 0.25) is 0 Å². The molecular weight excluding hydrogens is 244 g/mol. The molecule has 2 aromatic rings. The monoisotopic (exact) mass is 256 g/mol. The van der Waals surface area contributed by atoms with E-state index in [0.29, 0.717) is 17.1 Å². The predicted octanol–water partition coefficient (Wildman–Crippen LogP) is 1.93. The molecule has 0 fully saturated rings. The van der Waals surface area contributed by atoms with E-state index in [2.05, 4.69) is 4.98 Å². The third kappa shape index (κ3) is 2.43. The molecular formula is C14H12N2O3. The van der Waals surface area contributed by atoms with Crippen molar-refractivity contribution < 1.29 is 9.47 Å². The lowest BCUT2D eigenvalue weighted by Crippen LogP contribution is -2.09. The van der Waals surface area contributed by atoms with Gasteiger partial charge in [-0.25, -0.2) is 0 Å². The van der Waals surface area contributed by atoms with Gasteiger partial charge in [-0.15, -0.1) is 0 Å². The van der Waals surface area contributed by atoms with Gasteiger partial charge in [0.15, 0.2) is 0 Å². The number of methoxy groups -OCH3 is 2. The Morgan fingerprint density at radius 3 is 2.63 bits per heavy atom. The molecule has 0 bridgehead atoms. The maximum absolute atomic E-state index is 11.4. The normalized spacial score (nSPS) is 9.74. The minimum Gasteiger partial charge on any atom is -0.497 e. The minimum atomic E-state index is -0.404. The summed E-state index contributed by atoms with van der Waals surface area (Å²) >= 11 is 0. The van der Waals surface area contributed by atoms with Gasteiger partial charge >= 0.3 is 0 Å². The van der Waals surface area contributed by atoms with E-state index >= 15 is 0 Å². The molecule has 0 saturated heterocycles. The van der Waals surface area contributed by atoms with E-state index in [1.807, 2.05) is 12.1 Å². The lowest BCUT2D eigenvalue weighted by molar-refractivity contribution is 0.395. The highest BCUT2D eigenvalue weighted by Crippen LogP contribution is 2.32. The molecule has 0 aliphatic rings. The topological polar surface area (TPSA) is 75.1 Å². The van der Waals surface area contributed by atoms with Crippen molar-refractivity contribution in [3.05, 3.63) is 46.4 Å². The number of aromatic amines is 1. The van der Waals surface area contributed by atoms with Gasteiger partial charge in [0, 0.05) is 23.4 Å². The molecule has 1 aromatic carbocycles. The van der Waals surface area contributed by atoms with Gasteiger partial charge in [0.25, 0.3) is 5.56 Å². The molecule has 0 atom stereocenters. The standard InChI is InChI=1S/C14H12N2O3/c1-18-11-3-4-12(13(6-11)19-2)10-5-9(7-15)14(17)16-8-10/h3-6,8H,1-2H3,(H,16,17). The molecule has 0 spiro atoms. The van der Waals surface area contributed by atoms with Crippen LogP contribution < -0.4 is 15.0 Å². The van der Waals surface area contributed by atoms with Gasteiger partial charge in [-0.05, 0) is 18.2 Å². The third-order valence-corrected chi connectivity index (χ3v) is 2.74. The summed E-state index contributed by atoms with van der Waals surface area (Å²) in [6, 6.07) is 8.73. The van der Waals surface area contributed by atoms with Gasteiger partial charge in [-0.2, -0.15) is 5.26 Å². The van der Waals surface area contributed by atoms with Crippen molar-refractivity contribution in [2.45, 2.75) is 0 Å². The minimum absolute atomic E-state index is 0.0652. The Balaban J connectivity index is 2.59. The Morgan fingerprint density at radius 2 is 2.00 bits per heavy atom. The number of nitrogens with zero attached hydrogens (tertiary/aromatic N) is 1. The average molecular weight is 256 g/mol. The first-order chi connectivity index (χ1) is 9.19. The van der Waals surface area contributed by atoms with Crippen LogP contribution in [0.4, 0.5) is 0 Å². The summed E-state index contributed by atoms with van der Waals surface area (Å²) in [5, 5.41) is 8.88. The smallest absolute Gasteiger partial charge is 0.265 e. The summed E-state index contributed by atoms with van der Waals surface area (Å²) in [7, 11) is 3.12. The fourth-order valence-corrected chi connectivity index (χ4v) is 1.76. The predicted molar refractivity (Wildman–Crippen MR) is 70.3 cm³/mol. The van der Waals surface area contributed by atoms with Crippen molar-refractivity contribution in [2.75, 3.05) is 14.2 Å². The molecule has 0 amide bonds. The zero-order chi connectivity index (χ0) is 13.8. The zero-order valence-corrected chi connectivity index (χ0v) is 10.6. The largest absolute Gasteiger partial charge is 0.497 e. The van der Waals surface area contributed by atoms with E-state index in [-0.39, 0.29) is 5.56 Å². The van der Waals surface area contributed by atoms with Crippen molar-refractivity contribution in [1.82, 2.24) is 4.98 Å². The third-order valence-electron chi connectivity index (χ3n) is 2.74. The first kappa shape index (κ1) is 12.7. The quantitative estimate of drug-likeness (QED) is 0.910. The Bertz CT molecular complexity index is 699. The molecule has 1 N–H and O–H groups in total.